The van der Waals surface area contributed by atoms with Gasteiger partial charge in [0.2, 0.25) is 0 Å². The topological polar surface area (TPSA) is 104 Å². The lowest BCUT2D eigenvalue weighted by molar-refractivity contribution is -0.576. The molecule has 1 aromatic heterocycles. The van der Waals surface area contributed by atoms with Gasteiger partial charge in [0.25, 0.3) is 0 Å². The van der Waals surface area contributed by atoms with Gasteiger partial charge in [0, 0.05) is 6.54 Å². The predicted octanol–water partition coefficient (Wildman–Crippen LogP) is 0.872. The highest BCUT2D eigenvalue weighted by atomic mass is 16.5. The van der Waals surface area contributed by atoms with Crippen molar-refractivity contribution in [2.45, 2.75) is 32.6 Å². The number of aromatic nitrogens is 2. The first-order valence-corrected chi connectivity index (χ1v) is 5.54. The minimum Gasteiger partial charge on any atom is -0.754 e. The zero-order valence-electron chi connectivity index (χ0n) is 9.57. The Labute approximate surface area is 95.2 Å². The van der Waals surface area contributed by atoms with Crippen LogP contribution in [0.3, 0.4) is 0 Å². The Hall–Kier alpha value is -1.72. The summed E-state index contributed by atoms with van der Waals surface area (Å²) in [5, 5.41) is 14.2. The van der Waals surface area contributed by atoms with E-state index in [1.54, 1.807) is 0 Å². The highest BCUT2D eigenvalue weighted by Gasteiger charge is 2.06. The second kappa shape index (κ2) is 5.99. The van der Waals surface area contributed by atoms with E-state index in [2.05, 4.69) is 17.2 Å². The van der Waals surface area contributed by atoms with Gasteiger partial charge in [0.15, 0.2) is 11.6 Å². The molecule has 0 aromatic carbocycles. The summed E-state index contributed by atoms with van der Waals surface area (Å²) < 4.78 is 0.405. The molecule has 5 N–H and O–H groups in total. The largest absolute Gasteiger partial charge is 0.754 e. The summed E-state index contributed by atoms with van der Waals surface area (Å²) in [6.45, 7) is 2.98. The van der Waals surface area contributed by atoms with Gasteiger partial charge >= 0.3 is 5.95 Å². The molecule has 0 unspecified atom stereocenters. The van der Waals surface area contributed by atoms with E-state index in [1.165, 1.54) is 25.3 Å². The van der Waals surface area contributed by atoms with Crippen molar-refractivity contribution in [1.82, 2.24) is 4.98 Å². The second-order valence-electron chi connectivity index (χ2n) is 3.71. The molecule has 0 spiro atoms. The van der Waals surface area contributed by atoms with E-state index >= 15 is 0 Å². The Morgan fingerprint density at radius 1 is 1.38 bits per heavy atom. The van der Waals surface area contributed by atoms with Crippen LogP contribution in [-0.4, -0.2) is 11.5 Å². The van der Waals surface area contributed by atoms with Crippen molar-refractivity contribution >= 4 is 17.6 Å². The summed E-state index contributed by atoms with van der Waals surface area (Å²) >= 11 is 0. The molecule has 90 valence electrons. The van der Waals surface area contributed by atoms with Crippen LogP contribution in [0.4, 0.5) is 17.6 Å². The summed E-state index contributed by atoms with van der Waals surface area (Å²) in [5.41, 5.74) is 10.9. The quantitative estimate of drug-likeness (QED) is 0.378. The number of unbranched alkanes of at least 4 members (excludes halogenated alkanes) is 3. The fraction of sp³-hybridized carbons (Fsp3) is 0.600. The van der Waals surface area contributed by atoms with Gasteiger partial charge in [-0.1, -0.05) is 31.2 Å². The lowest BCUT2D eigenvalue weighted by Gasteiger charge is -2.10. The molecule has 0 aliphatic rings. The fourth-order valence-electron chi connectivity index (χ4n) is 1.39. The summed E-state index contributed by atoms with van der Waals surface area (Å²) in [6.07, 6.45) is 4.69. The Morgan fingerprint density at radius 3 is 2.75 bits per heavy atom. The molecule has 1 rings (SSSR count). The number of anilines is 3. The van der Waals surface area contributed by atoms with Crippen molar-refractivity contribution in [2.24, 2.45) is 0 Å². The average molecular weight is 225 g/mol. The molecule has 6 nitrogen and oxygen atoms in total. The molecule has 0 saturated heterocycles. The van der Waals surface area contributed by atoms with Gasteiger partial charge in [0.05, 0.1) is 6.07 Å². The maximum atomic E-state index is 11.1. The van der Waals surface area contributed by atoms with Crippen LogP contribution in [0.2, 0.25) is 0 Å². The van der Waals surface area contributed by atoms with E-state index in [0.717, 1.165) is 13.0 Å². The lowest BCUT2D eigenvalue weighted by Crippen LogP contribution is -2.35. The monoisotopic (exact) mass is 225 g/mol. The van der Waals surface area contributed by atoms with Gasteiger partial charge in [-0.2, -0.15) is 0 Å². The normalized spacial score (nSPS) is 10.3. The van der Waals surface area contributed by atoms with E-state index in [0.29, 0.717) is 10.5 Å². The third-order valence-corrected chi connectivity index (χ3v) is 2.30. The molecule has 1 aromatic rings. The SMILES string of the molecule is CCCCCCNc1cc(N)[n+]([O-])c(N)n1. The molecule has 0 aliphatic carbocycles. The molecule has 0 aliphatic heterocycles. The predicted molar refractivity (Wildman–Crippen MR) is 64.7 cm³/mol. The van der Waals surface area contributed by atoms with E-state index in [4.69, 9.17) is 11.5 Å². The van der Waals surface area contributed by atoms with Gasteiger partial charge in [0.1, 0.15) is 0 Å². The molecule has 0 amide bonds. The molecule has 0 bridgehead atoms. The van der Waals surface area contributed by atoms with Crippen LogP contribution in [0.25, 0.3) is 0 Å². The van der Waals surface area contributed by atoms with Crippen molar-refractivity contribution in [2.75, 3.05) is 23.3 Å². The van der Waals surface area contributed by atoms with Crippen molar-refractivity contribution < 1.29 is 4.73 Å². The molecule has 0 saturated carbocycles. The first-order valence-electron chi connectivity index (χ1n) is 5.54. The van der Waals surface area contributed by atoms with Crippen LogP contribution in [-0.2, 0) is 0 Å². The lowest BCUT2D eigenvalue weighted by atomic mass is 10.2. The molecule has 0 atom stereocenters. The maximum Gasteiger partial charge on any atom is 0.346 e. The second-order valence-corrected chi connectivity index (χ2v) is 3.71. The highest BCUT2D eigenvalue weighted by molar-refractivity contribution is 5.44. The van der Waals surface area contributed by atoms with Crippen LogP contribution in [0.5, 0.6) is 0 Å². The maximum absolute atomic E-state index is 11.1. The summed E-state index contributed by atoms with van der Waals surface area (Å²) in [7, 11) is 0. The van der Waals surface area contributed by atoms with E-state index in [9.17, 15) is 5.21 Å². The van der Waals surface area contributed by atoms with E-state index < -0.39 is 0 Å². The summed E-state index contributed by atoms with van der Waals surface area (Å²) in [5.74, 6) is 0.484. The van der Waals surface area contributed by atoms with E-state index in [1.807, 2.05) is 0 Å². The summed E-state index contributed by atoms with van der Waals surface area (Å²) in [6, 6.07) is 1.49. The first-order chi connectivity index (χ1) is 7.65. The van der Waals surface area contributed by atoms with Crippen LogP contribution >= 0.6 is 0 Å². The number of nitrogen functional groups attached to an aromatic ring is 2. The minimum absolute atomic E-state index is 0.0589. The Kier molecular flexibility index (Phi) is 4.63. The van der Waals surface area contributed by atoms with Crippen molar-refractivity contribution in [1.29, 1.82) is 0 Å². The Balaban J connectivity index is 2.43. The molecule has 16 heavy (non-hydrogen) atoms. The van der Waals surface area contributed by atoms with Gasteiger partial charge in [-0.3, -0.25) is 0 Å². The zero-order valence-corrected chi connectivity index (χ0v) is 9.57. The number of nitrogens with zero attached hydrogens (tertiary/aromatic N) is 2. The van der Waals surface area contributed by atoms with Crippen LogP contribution < -0.4 is 21.5 Å². The van der Waals surface area contributed by atoms with Gasteiger partial charge in [-0.25, -0.2) is 4.73 Å². The van der Waals surface area contributed by atoms with Gasteiger partial charge in [-0.15, -0.1) is 0 Å². The Morgan fingerprint density at radius 2 is 2.12 bits per heavy atom. The molecular weight excluding hydrogens is 206 g/mol. The van der Waals surface area contributed by atoms with Crippen LogP contribution in [0.1, 0.15) is 32.6 Å². The smallest absolute Gasteiger partial charge is 0.346 e. The highest BCUT2D eigenvalue weighted by Crippen LogP contribution is 2.08. The minimum atomic E-state index is -0.129. The molecule has 6 heteroatoms. The third-order valence-electron chi connectivity index (χ3n) is 2.30. The number of rotatable bonds is 6. The molecule has 0 radical (unpaired) electrons. The number of hydrogen-bond donors (Lipinski definition) is 3. The molecule has 0 fully saturated rings. The average Bonchev–Trinajstić information content (AvgIpc) is 2.25. The number of hydrogen-bond acceptors (Lipinski definition) is 5. The number of nitrogens with one attached hydrogen (secondary N) is 1. The van der Waals surface area contributed by atoms with Gasteiger partial charge in [-0.05, 0) is 6.42 Å². The Bertz CT molecular complexity index is 319. The first kappa shape index (κ1) is 12.4. The fourth-order valence-corrected chi connectivity index (χ4v) is 1.39. The van der Waals surface area contributed by atoms with Gasteiger partial charge < -0.3 is 22.0 Å². The van der Waals surface area contributed by atoms with E-state index in [-0.39, 0.29) is 11.8 Å². The van der Waals surface area contributed by atoms with Crippen molar-refractivity contribution in [3.05, 3.63) is 11.3 Å². The van der Waals surface area contributed by atoms with Crippen molar-refractivity contribution in [3.63, 3.8) is 0 Å². The standard InChI is InChI=1S/C10H19N5O/c1-2-3-4-5-6-13-9-7-8(11)15(16)10(12)14-9/h7H,2-6,11H2,1H3,(H3,12,13,14). The van der Waals surface area contributed by atoms with Crippen LogP contribution in [0.15, 0.2) is 6.07 Å². The third kappa shape index (κ3) is 3.45. The number of nitrogens with two attached hydrogens (primary N) is 2. The summed E-state index contributed by atoms with van der Waals surface area (Å²) in [4.78, 5) is 3.89. The van der Waals surface area contributed by atoms with Crippen LogP contribution in [0, 0.1) is 5.21 Å². The molecular formula is C10H19N5O. The van der Waals surface area contributed by atoms with Crippen molar-refractivity contribution in [3.8, 4) is 0 Å². The zero-order chi connectivity index (χ0) is 12.0. The molecule has 1 heterocycles.